The predicted octanol–water partition coefficient (Wildman–Crippen LogP) is 2.79. The molecule has 6 heteroatoms. The fourth-order valence-corrected chi connectivity index (χ4v) is 2.48. The Hall–Kier alpha value is -2.50. The molecule has 22 heavy (non-hydrogen) atoms. The minimum absolute atomic E-state index is 0.103. The van der Waals surface area contributed by atoms with Crippen LogP contribution in [0.5, 0.6) is 0 Å². The van der Waals surface area contributed by atoms with Crippen molar-refractivity contribution in [2.75, 3.05) is 12.3 Å². The molecule has 2 aromatic rings. The van der Waals surface area contributed by atoms with Crippen molar-refractivity contribution in [1.29, 1.82) is 0 Å². The van der Waals surface area contributed by atoms with Crippen molar-refractivity contribution in [3.8, 4) is 11.1 Å². The van der Waals surface area contributed by atoms with Crippen LogP contribution in [-0.2, 0) is 4.74 Å². The fourth-order valence-electron chi connectivity index (χ4n) is 2.48. The first-order valence-electron chi connectivity index (χ1n) is 7.26. The molecule has 0 aliphatic carbocycles. The van der Waals surface area contributed by atoms with Gasteiger partial charge in [0.15, 0.2) is 0 Å². The Morgan fingerprint density at radius 2 is 1.95 bits per heavy atom. The summed E-state index contributed by atoms with van der Waals surface area (Å²) in [5.74, 6) is 0.103. The first-order valence-corrected chi connectivity index (χ1v) is 7.26. The van der Waals surface area contributed by atoms with Crippen LogP contribution in [0.4, 0.5) is 10.6 Å². The number of hydrogen-bond donors (Lipinski definition) is 1. The van der Waals surface area contributed by atoms with Crippen LogP contribution in [0.3, 0.4) is 0 Å². The molecule has 1 heterocycles. The number of nitrogen functional groups attached to an aromatic ring is 1. The number of anilines is 1. The lowest BCUT2D eigenvalue weighted by atomic mass is 10.0. The van der Waals surface area contributed by atoms with E-state index in [4.69, 9.17) is 10.5 Å². The van der Waals surface area contributed by atoms with Gasteiger partial charge < -0.3 is 10.5 Å². The molecule has 0 spiro atoms. The second-order valence-electron chi connectivity index (χ2n) is 5.33. The quantitative estimate of drug-likeness (QED) is 0.945. The van der Waals surface area contributed by atoms with Gasteiger partial charge in [-0.05, 0) is 38.8 Å². The highest BCUT2D eigenvalue weighted by atomic mass is 16.6. The van der Waals surface area contributed by atoms with Gasteiger partial charge in [-0.25, -0.2) is 9.48 Å². The van der Waals surface area contributed by atoms with Crippen LogP contribution in [0, 0.1) is 6.92 Å². The predicted molar refractivity (Wildman–Crippen MR) is 86.1 cm³/mol. The largest absolute Gasteiger partial charge is 0.448 e. The van der Waals surface area contributed by atoms with E-state index >= 15 is 0 Å². The molecule has 0 unspecified atom stereocenters. The number of carbonyl (C=O) groups is 1. The molecule has 1 aromatic heterocycles. The Morgan fingerprint density at radius 3 is 2.50 bits per heavy atom. The second kappa shape index (κ2) is 6.09. The van der Waals surface area contributed by atoms with E-state index in [9.17, 15) is 9.59 Å². The van der Waals surface area contributed by atoms with E-state index < -0.39 is 6.09 Å². The van der Waals surface area contributed by atoms with E-state index in [1.54, 1.807) is 6.92 Å². The van der Waals surface area contributed by atoms with Crippen LogP contribution in [0.15, 0.2) is 29.1 Å². The zero-order valence-corrected chi connectivity index (χ0v) is 13.3. The van der Waals surface area contributed by atoms with Crippen molar-refractivity contribution in [2.45, 2.75) is 33.7 Å². The smallest absolute Gasteiger partial charge is 0.435 e. The summed E-state index contributed by atoms with van der Waals surface area (Å²) >= 11 is 0. The maximum atomic E-state index is 12.8. The first kappa shape index (κ1) is 15.9. The summed E-state index contributed by atoms with van der Waals surface area (Å²) in [5, 5.41) is 0. The van der Waals surface area contributed by atoms with Gasteiger partial charge in [-0.15, -0.1) is 0 Å². The summed E-state index contributed by atoms with van der Waals surface area (Å²) < 4.78 is 7.47. The van der Waals surface area contributed by atoms with E-state index in [0.717, 1.165) is 15.8 Å². The molecule has 0 aliphatic rings. The number of rotatable bonds is 3. The van der Waals surface area contributed by atoms with Crippen LogP contribution in [-0.4, -0.2) is 22.1 Å². The highest BCUT2D eigenvalue weighted by molar-refractivity contribution is 5.83. The number of nitrogens with zero attached hydrogens (tertiary/aromatic N) is 2. The summed E-state index contributed by atoms with van der Waals surface area (Å²) in [4.78, 5) is 24.9. The van der Waals surface area contributed by atoms with Crippen molar-refractivity contribution in [2.24, 2.45) is 0 Å². The van der Waals surface area contributed by atoms with Gasteiger partial charge in [-0.3, -0.25) is 4.79 Å². The van der Waals surface area contributed by atoms with Crippen molar-refractivity contribution < 1.29 is 9.53 Å². The molecule has 6 nitrogen and oxygen atoms in total. The Balaban J connectivity index is 2.78. The number of ether oxygens (including phenoxy) is 1. The molecule has 0 radical (unpaired) electrons. The van der Waals surface area contributed by atoms with Gasteiger partial charge in [-0.2, -0.15) is 4.68 Å². The number of aryl methyl sites for hydroxylation is 1. The number of aromatic nitrogens is 2. The van der Waals surface area contributed by atoms with E-state index in [1.807, 2.05) is 45.0 Å². The lowest BCUT2D eigenvalue weighted by molar-refractivity contribution is 0.144. The third-order valence-corrected chi connectivity index (χ3v) is 3.47. The summed E-state index contributed by atoms with van der Waals surface area (Å²) in [6.45, 7) is 7.45. The third kappa shape index (κ3) is 2.52. The molecule has 0 amide bonds. The van der Waals surface area contributed by atoms with Crippen LogP contribution in [0.25, 0.3) is 11.1 Å². The normalized spacial score (nSPS) is 11.0. The molecule has 0 atom stereocenters. The summed E-state index contributed by atoms with van der Waals surface area (Å²) in [6.07, 6.45) is -0.648. The van der Waals surface area contributed by atoms with E-state index in [1.165, 1.54) is 4.68 Å². The van der Waals surface area contributed by atoms with Crippen LogP contribution >= 0.6 is 0 Å². The summed E-state index contributed by atoms with van der Waals surface area (Å²) in [6, 6.07) is 7.22. The fraction of sp³-hybridized carbons (Fsp3) is 0.375. The first-order chi connectivity index (χ1) is 10.4. The monoisotopic (exact) mass is 303 g/mol. The highest BCUT2D eigenvalue weighted by Gasteiger charge is 2.26. The number of benzene rings is 1. The van der Waals surface area contributed by atoms with Crippen molar-refractivity contribution in [3.05, 3.63) is 40.2 Å². The lowest BCUT2D eigenvalue weighted by Crippen LogP contribution is -2.30. The third-order valence-electron chi connectivity index (χ3n) is 3.47. The SMILES string of the molecule is CCOC(=O)n1c(N)c(-c2ccccc2C)c(=O)n1C(C)C. The van der Waals surface area contributed by atoms with Gasteiger partial charge in [0.2, 0.25) is 0 Å². The second-order valence-corrected chi connectivity index (χ2v) is 5.33. The standard InChI is InChI=1S/C16H21N3O3/c1-5-22-16(21)19-14(17)13(15(20)18(19)10(2)3)12-9-7-6-8-11(12)4/h6-10H,5,17H2,1-4H3. The minimum Gasteiger partial charge on any atom is -0.448 e. The topological polar surface area (TPSA) is 79.2 Å². The van der Waals surface area contributed by atoms with Gasteiger partial charge in [0, 0.05) is 6.04 Å². The molecule has 0 bridgehead atoms. The van der Waals surface area contributed by atoms with Crippen LogP contribution < -0.4 is 11.3 Å². The van der Waals surface area contributed by atoms with Crippen LogP contribution in [0.2, 0.25) is 0 Å². The van der Waals surface area contributed by atoms with E-state index in [-0.39, 0.29) is 24.0 Å². The van der Waals surface area contributed by atoms with Crippen LogP contribution in [0.1, 0.15) is 32.4 Å². The molecular weight excluding hydrogens is 282 g/mol. The lowest BCUT2D eigenvalue weighted by Gasteiger charge is -2.13. The molecule has 1 aromatic carbocycles. The van der Waals surface area contributed by atoms with E-state index in [0.29, 0.717) is 5.56 Å². The average molecular weight is 303 g/mol. The molecule has 0 saturated heterocycles. The van der Waals surface area contributed by atoms with Crippen molar-refractivity contribution in [3.63, 3.8) is 0 Å². The number of carbonyl (C=O) groups excluding carboxylic acids is 1. The number of hydrogen-bond acceptors (Lipinski definition) is 4. The Labute approximate surface area is 129 Å². The average Bonchev–Trinajstić information content (AvgIpc) is 2.71. The van der Waals surface area contributed by atoms with Crippen molar-refractivity contribution >= 4 is 11.9 Å². The van der Waals surface area contributed by atoms with Gasteiger partial charge in [0.05, 0.1) is 12.2 Å². The molecule has 2 N–H and O–H groups in total. The zero-order valence-electron chi connectivity index (χ0n) is 13.3. The molecule has 0 aliphatic heterocycles. The summed E-state index contributed by atoms with van der Waals surface area (Å²) in [5.41, 5.74) is 7.80. The molecule has 2 rings (SSSR count). The minimum atomic E-state index is -0.648. The van der Waals surface area contributed by atoms with Gasteiger partial charge in [0.25, 0.3) is 5.56 Å². The van der Waals surface area contributed by atoms with Crippen molar-refractivity contribution in [1.82, 2.24) is 9.36 Å². The maximum absolute atomic E-state index is 12.8. The van der Waals surface area contributed by atoms with Gasteiger partial charge in [0.1, 0.15) is 5.82 Å². The molecule has 118 valence electrons. The Kier molecular flexibility index (Phi) is 4.40. The van der Waals surface area contributed by atoms with Gasteiger partial charge in [-0.1, -0.05) is 24.3 Å². The van der Waals surface area contributed by atoms with E-state index in [2.05, 4.69) is 0 Å². The maximum Gasteiger partial charge on any atom is 0.435 e. The zero-order chi connectivity index (χ0) is 16.4. The molecular formula is C16H21N3O3. The highest BCUT2D eigenvalue weighted by Crippen LogP contribution is 2.27. The number of nitrogens with two attached hydrogens (primary N) is 1. The Bertz CT molecular complexity index is 756. The van der Waals surface area contributed by atoms with Gasteiger partial charge >= 0.3 is 6.09 Å². The molecule has 0 saturated carbocycles. The Morgan fingerprint density at radius 1 is 1.32 bits per heavy atom. The molecule has 0 fully saturated rings. The summed E-state index contributed by atoms with van der Waals surface area (Å²) in [7, 11) is 0.